The molecule has 5 nitrogen and oxygen atoms in total. The zero-order chi connectivity index (χ0) is 23.0. The van der Waals surface area contributed by atoms with Crippen molar-refractivity contribution in [2.45, 2.75) is 25.8 Å². The molecule has 168 valence electrons. The summed E-state index contributed by atoms with van der Waals surface area (Å²) in [5.41, 5.74) is 2.72. The van der Waals surface area contributed by atoms with Gasteiger partial charge in [-0.15, -0.1) is 0 Å². The predicted molar refractivity (Wildman–Crippen MR) is 128 cm³/mol. The maximum atomic E-state index is 13.1. The summed E-state index contributed by atoms with van der Waals surface area (Å²) in [5, 5.41) is 5.89. The molecule has 1 amide bonds. The molecule has 0 saturated heterocycles. The second-order valence-electron chi connectivity index (χ2n) is 8.02. The van der Waals surface area contributed by atoms with Crippen molar-refractivity contribution in [3.8, 4) is 11.5 Å². The molecule has 0 radical (unpaired) electrons. The van der Waals surface area contributed by atoms with Crippen LogP contribution in [0.2, 0.25) is 5.02 Å². The van der Waals surface area contributed by atoms with Crippen molar-refractivity contribution in [3.05, 3.63) is 94.4 Å². The lowest BCUT2D eigenvalue weighted by atomic mass is 9.72. The molecule has 2 heterocycles. The Kier molecular flexibility index (Phi) is 5.51. The Morgan fingerprint density at radius 1 is 0.909 bits per heavy atom. The van der Waals surface area contributed by atoms with E-state index in [1.807, 2.05) is 62.4 Å². The number of halogens is 1. The zero-order valence-corrected chi connectivity index (χ0v) is 19.2. The van der Waals surface area contributed by atoms with Gasteiger partial charge in [0.25, 0.3) is 0 Å². The van der Waals surface area contributed by atoms with Gasteiger partial charge in [0.2, 0.25) is 5.91 Å². The number of amides is 1. The molecule has 1 atom stereocenters. The topological polar surface area (TPSA) is 60.7 Å². The number of fused-ring (bicyclic) bond motifs is 2. The van der Waals surface area contributed by atoms with Gasteiger partial charge in [-0.1, -0.05) is 35.9 Å². The number of nitrogens with one attached hydrogen (secondary N) is 1. The second-order valence-corrected chi connectivity index (χ2v) is 8.46. The maximum Gasteiger partial charge on any atom is 0.225 e. The van der Waals surface area contributed by atoms with Gasteiger partial charge in [-0.05, 0) is 66.4 Å². The van der Waals surface area contributed by atoms with E-state index >= 15 is 0 Å². The van der Waals surface area contributed by atoms with E-state index in [1.165, 1.54) is 0 Å². The first kappa shape index (κ1) is 21.4. The maximum absolute atomic E-state index is 13.1. The first-order valence-electron chi connectivity index (χ1n) is 11.0. The Hall–Kier alpha value is -3.44. The first-order valence-corrected chi connectivity index (χ1v) is 11.4. The van der Waals surface area contributed by atoms with Gasteiger partial charge in [0, 0.05) is 15.8 Å². The largest absolute Gasteiger partial charge is 0.490 e. The van der Waals surface area contributed by atoms with Crippen molar-refractivity contribution in [1.29, 1.82) is 0 Å². The third-order valence-electron chi connectivity index (χ3n) is 6.04. The molecule has 1 aliphatic rings. The summed E-state index contributed by atoms with van der Waals surface area (Å²) < 4.78 is 17.2. The normalized spacial score (nSPS) is 17.5. The second kappa shape index (κ2) is 8.49. The highest BCUT2D eigenvalue weighted by Gasteiger charge is 2.43. The molecule has 0 spiro atoms. The molecule has 1 aromatic heterocycles. The monoisotopic (exact) mass is 461 g/mol. The zero-order valence-electron chi connectivity index (χ0n) is 18.5. The molecule has 1 N–H and O–H groups in total. The molecule has 5 rings (SSSR count). The molecular formula is C27H24ClNO4. The molecule has 33 heavy (non-hydrogen) atoms. The van der Waals surface area contributed by atoms with Gasteiger partial charge in [-0.25, -0.2) is 0 Å². The van der Waals surface area contributed by atoms with Crippen LogP contribution in [0.5, 0.6) is 11.5 Å². The lowest BCUT2D eigenvalue weighted by Crippen LogP contribution is -2.52. The van der Waals surface area contributed by atoms with Crippen LogP contribution < -0.4 is 14.8 Å². The van der Waals surface area contributed by atoms with E-state index in [1.54, 1.807) is 12.5 Å². The van der Waals surface area contributed by atoms with Crippen molar-refractivity contribution in [3.63, 3.8) is 0 Å². The molecule has 0 aliphatic carbocycles. The van der Waals surface area contributed by atoms with Gasteiger partial charge in [0.05, 0.1) is 32.2 Å². The van der Waals surface area contributed by atoms with Crippen molar-refractivity contribution in [2.75, 3.05) is 13.2 Å². The minimum absolute atomic E-state index is 0.0728. The van der Waals surface area contributed by atoms with Crippen LogP contribution in [0.25, 0.3) is 10.8 Å². The number of furan rings is 1. The summed E-state index contributed by atoms with van der Waals surface area (Å²) >= 11 is 6.22. The minimum atomic E-state index is -0.933. The van der Waals surface area contributed by atoms with Gasteiger partial charge in [-0.3, -0.25) is 4.79 Å². The Morgan fingerprint density at radius 3 is 2.30 bits per heavy atom. The Morgan fingerprint density at radius 2 is 1.58 bits per heavy atom. The summed E-state index contributed by atoms with van der Waals surface area (Å²) in [5.74, 6) is 1.22. The number of benzene rings is 3. The Bertz CT molecular complexity index is 1330. The molecule has 1 aliphatic heterocycles. The third-order valence-corrected chi connectivity index (χ3v) is 6.29. The third kappa shape index (κ3) is 3.62. The molecule has 0 saturated carbocycles. The molecule has 0 fully saturated rings. The van der Waals surface area contributed by atoms with Crippen LogP contribution in [0.1, 0.15) is 36.1 Å². The number of ether oxygens (including phenoxy) is 2. The van der Waals surface area contributed by atoms with E-state index in [0.717, 1.165) is 33.0 Å². The van der Waals surface area contributed by atoms with Crippen molar-refractivity contribution in [1.82, 2.24) is 5.32 Å². The van der Waals surface area contributed by atoms with Crippen molar-refractivity contribution < 1.29 is 18.7 Å². The van der Waals surface area contributed by atoms with Gasteiger partial charge < -0.3 is 19.2 Å². The van der Waals surface area contributed by atoms with E-state index < -0.39 is 5.54 Å². The van der Waals surface area contributed by atoms with Crippen molar-refractivity contribution >= 4 is 28.3 Å². The average molecular weight is 462 g/mol. The number of carbonyl (C=O) groups excluding carboxylic acids is 1. The molecule has 6 heteroatoms. The van der Waals surface area contributed by atoms with Crippen LogP contribution in [-0.2, 0) is 16.8 Å². The standard InChI is InChI=1S/C27H24ClNO4/c1-3-32-24-12-18-13-26(30)29-27(20-7-9-22(28)10-8-20,23(18)14-25(24)33-4-2)21-6-5-17-15-31-16-19(17)11-21/h5-12,14-16H,3-4,13H2,1-2H3,(H,29,30). The van der Waals surface area contributed by atoms with Crippen LogP contribution >= 0.6 is 11.6 Å². The van der Waals surface area contributed by atoms with Crippen molar-refractivity contribution in [2.24, 2.45) is 0 Å². The van der Waals surface area contributed by atoms with E-state index in [9.17, 15) is 4.79 Å². The van der Waals surface area contributed by atoms with E-state index in [0.29, 0.717) is 29.7 Å². The van der Waals surface area contributed by atoms with Gasteiger partial charge in [0.15, 0.2) is 11.5 Å². The SMILES string of the molecule is CCOc1cc2c(cc1OCC)C(c1ccc(Cl)cc1)(c1ccc3cocc3c1)NC(=O)C2. The van der Waals surface area contributed by atoms with E-state index in [2.05, 4.69) is 11.4 Å². The number of rotatable bonds is 6. The van der Waals surface area contributed by atoms with Crippen LogP contribution in [0.4, 0.5) is 0 Å². The van der Waals surface area contributed by atoms with Gasteiger partial charge in [0.1, 0.15) is 5.54 Å². The molecule has 0 bridgehead atoms. The van der Waals surface area contributed by atoms with Gasteiger partial charge >= 0.3 is 0 Å². The quantitative estimate of drug-likeness (QED) is 0.391. The summed E-state index contributed by atoms with van der Waals surface area (Å²) in [7, 11) is 0. The van der Waals surface area contributed by atoms with Gasteiger partial charge in [-0.2, -0.15) is 0 Å². The first-order chi connectivity index (χ1) is 16.0. The molecule has 4 aromatic rings. The summed E-state index contributed by atoms with van der Waals surface area (Å²) in [4.78, 5) is 13.1. The highest BCUT2D eigenvalue weighted by Crippen LogP contribution is 2.45. The molecular weight excluding hydrogens is 438 g/mol. The number of carbonyl (C=O) groups is 1. The fourth-order valence-corrected chi connectivity index (χ4v) is 4.77. The highest BCUT2D eigenvalue weighted by molar-refractivity contribution is 6.30. The highest BCUT2D eigenvalue weighted by atomic mass is 35.5. The number of hydrogen-bond donors (Lipinski definition) is 1. The fraction of sp³-hybridized carbons (Fsp3) is 0.222. The lowest BCUT2D eigenvalue weighted by Gasteiger charge is -2.41. The summed E-state index contributed by atoms with van der Waals surface area (Å²) in [6.45, 7) is 4.88. The Labute approximate surface area is 197 Å². The van der Waals surface area contributed by atoms with Crippen LogP contribution in [0, 0.1) is 0 Å². The molecule has 1 unspecified atom stereocenters. The van der Waals surface area contributed by atoms with E-state index in [4.69, 9.17) is 25.5 Å². The van der Waals surface area contributed by atoms with Crippen LogP contribution in [0.15, 0.2) is 71.5 Å². The smallest absolute Gasteiger partial charge is 0.225 e. The number of hydrogen-bond acceptors (Lipinski definition) is 4. The van der Waals surface area contributed by atoms with E-state index in [-0.39, 0.29) is 12.3 Å². The summed E-state index contributed by atoms with van der Waals surface area (Å²) in [6, 6.07) is 17.6. The van der Waals surface area contributed by atoms with Crippen LogP contribution in [0.3, 0.4) is 0 Å². The predicted octanol–water partition coefficient (Wildman–Crippen LogP) is 5.85. The molecule has 3 aromatic carbocycles. The van der Waals surface area contributed by atoms with Crippen LogP contribution in [-0.4, -0.2) is 19.1 Å². The Balaban J connectivity index is 1.83. The minimum Gasteiger partial charge on any atom is -0.490 e. The fourth-order valence-electron chi connectivity index (χ4n) is 4.65. The lowest BCUT2D eigenvalue weighted by molar-refractivity contribution is -0.122. The summed E-state index contributed by atoms with van der Waals surface area (Å²) in [6.07, 6.45) is 3.68. The average Bonchev–Trinajstić information content (AvgIpc) is 3.28.